The molecule has 2 bridgehead atoms. The predicted molar refractivity (Wildman–Crippen MR) is 172 cm³/mol. The zero-order valence-corrected chi connectivity index (χ0v) is 28.2. The van der Waals surface area contributed by atoms with Crippen molar-refractivity contribution < 1.29 is 43.9 Å². The number of ketones is 1. The maximum absolute atomic E-state index is 14.5. The van der Waals surface area contributed by atoms with Crippen molar-refractivity contribution >= 4 is 24.9 Å². The van der Waals surface area contributed by atoms with Gasteiger partial charge >= 0.3 is 227 Å². The number of aliphatic hydroxyl groups excluding tert-OH is 2. The molecule has 5 rings (SSSR count). The van der Waals surface area contributed by atoms with Crippen LogP contribution in [0.2, 0.25) is 0 Å². The molecule has 0 spiro atoms. The van der Waals surface area contributed by atoms with Crippen LogP contribution in [-0.4, -0.2) is 83.2 Å². The van der Waals surface area contributed by atoms with Crippen molar-refractivity contribution in [3.8, 4) is 0 Å². The van der Waals surface area contributed by atoms with Crippen LogP contribution in [0.4, 0.5) is 0 Å². The van der Waals surface area contributed by atoms with Crippen LogP contribution in [0.15, 0.2) is 41.5 Å². The van der Waals surface area contributed by atoms with Crippen molar-refractivity contribution in [3.63, 3.8) is 0 Å². The van der Waals surface area contributed by atoms with Crippen LogP contribution in [0, 0.1) is 34.0 Å². The molecule has 0 heterocycles. The van der Waals surface area contributed by atoms with Gasteiger partial charge in [0.05, 0.1) is 6.10 Å². The molecule has 12 heteroatoms. The minimum absolute atomic E-state index is 0.0537. The van der Waals surface area contributed by atoms with Gasteiger partial charge in [0.1, 0.15) is 0 Å². The molecule has 256 valence electrons. The summed E-state index contributed by atoms with van der Waals surface area (Å²) in [6, 6.07) is 7.70. The molecule has 4 aliphatic carbocycles. The van der Waals surface area contributed by atoms with E-state index in [1.54, 1.807) is 58.0 Å². The Bertz CT molecular complexity index is 1450. The molecule has 0 radical (unpaired) electrons. The second-order valence-electron chi connectivity index (χ2n) is 15.2. The van der Waals surface area contributed by atoms with E-state index < -0.39 is 83.0 Å². The summed E-state index contributed by atoms with van der Waals surface area (Å²) in [5.74, 6) is -3.15. The topological polar surface area (TPSA) is 185 Å². The Morgan fingerprint density at radius 2 is 1.81 bits per heavy atom. The Kier molecular flexibility index (Phi) is 9.53. The molecule has 0 amide bonds. The number of nitrogens with one attached hydrogen (secondary N) is 1. The van der Waals surface area contributed by atoms with E-state index in [2.05, 4.69) is 12.2 Å². The van der Waals surface area contributed by atoms with Gasteiger partial charge in [0, 0.05) is 0 Å². The molecule has 11 nitrogen and oxygen atoms in total. The predicted octanol–water partition coefficient (Wildman–Crippen LogP) is 1.97. The second-order valence-corrected chi connectivity index (χ2v) is 15.2. The van der Waals surface area contributed by atoms with Gasteiger partial charge in [-0.3, -0.25) is 0 Å². The molecule has 0 aromatic heterocycles. The first kappa shape index (κ1) is 35.5. The van der Waals surface area contributed by atoms with Gasteiger partial charge in [0.25, 0.3) is 0 Å². The summed E-state index contributed by atoms with van der Waals surface area (Å²) in [7, 11) is 0.618. The smallest absolute Gasteiger partial charge is 0.392 e. The van der Waals surface area contributed by atoms with E-state index in [1.165, 1.54) is 0 Å². The third-order valence-electron chi connectivity index (χ3n) is 12.8. The van der Waals surface area contributed by atoms with E-state index in [-0.39, 0.29) is 29.8 Å². The van der Waals surface area contributed by atoms with E-state index in [9.17, 15) is 34.4 Å². The van der Waals surface area contributed by atoms with Crippen molar-refractivity contribution in [2.75, 3.05) is 13.0 Å². The van der Waals surface area contributed by atoms with Gasteiger partial charge in [-0.05, 0) is 32.1 Å². The summed E-state index contributed by atoms with van der Waals surface area (Å²) in [5, 5.41) is 39.3. The van der Waals surface area contributed by atoms with Crippen LogP contribution in [0.1, 0.15) is 78.8 Å². The molecular weight excluding hydrogens is 603 g/mol. The van der Waals surface area contributed by atoms with Crippen molar-refractivity contribution in [2.24, 2.45) is 39.7 Å². The van der Waals surface area contributed by atoms with Gasteiger partial charge in [-0.25, -0.2) is 0 Å². The van der Waals surface area contributed by atoms with E-state index in [0.29, 0.717) is 24.7 Å². The Balaban J connectivity index is 1.59. The molecular formula is C35H49BN2O9. The van der Waals surface area contributed by atoms with Gasteiger partial charge in [-0.1, -0.05) is 6.92 Å². The normalized spacial score (nSPS) is 38.7. The second kappa shape index (κ2) is 12.6. The van der Waals surface area contributed by atoms with Gasteiger partial charge in [-0.15, -0.1) is 0 Å². The molecule has 3 fully saturated rings. The minimum Gasteiger partial charge on any atom is -0.392 e. The third-order valence-corrected chi connectivity index (χ3v) is 12.8. The molecule has 1 aromatic rings. The number of carbonyl (C=O) groups excluding carboxylic acids is 3. The fraction of sp³-hybridized carbons (Fsp3) is 0.686. The van der Waals surface area contributed by atoms with Crippen molar-refractivity contribution in [1.82, 2.24) is 5.32 Å². The zero-order chi connectivity index (χ0) is 34.7. The average molecular weight is 653 g/mol. The summed E-state index contributed by atoms with van der Waals surface area (Å²) < 4.78 is 23.0. The fourth-order valence-electron chi connectivity index (χ4n) is 10.0. The number of esters is 2. The first-order chi connectivity index (χ1) is 22.0. The van der Waals surface area contributed by atoms with E-state index in [1.807, 2.05) is 6.92 Å². The number of carbonyl (C=O) groups is 3. The van der Waals surface area contributed by atoms with E-state index in [4.69, 9.17) is 15.2 Å². The minimum atomic E-state index is -1.66. The first-order valence-corrected chi connectivity index (χ1v) is 16.7. The molecule has 0 saturated heterocycles. The van der Waals surface area contributed by atoms with Crippen LogP contribution < -0.4 is 11.1 Å². The number of ether oxygens (including phenoxy) is 2. The van der Waals surface area contributed by atoms with Crippen LogP contribution in [-0.2, 0) is 28.6 Å². The number of nitrogens with two attached hydrogens (primary N) is 1. The number of hydrogen-bond acceptors (Lipinski definition) is 11. The monoisotopic (exact) mass is 652 g/mol. The molecule has 0 aliphatic heterocycles. The van der Waals surface area contributed by atoms with Crippen LogP contribution in [0.25, 0.3) is 0 Å². The summed E-state index contributed by atoms with van der Waals surface area (Å²) in [5.41, 5.74) is 2.40. The quantitative estimate of drug-likeness (QED) is 0.149. The number of Topliss-reactive ketones (excluding diaryl/α,β-unsaturated/α-hetero) is 1. The summed E-state index contributed by atoms with van der Waals surface area (Å²) in [4.78, 5) is 41.0. The zero-order valence-electron chi connectivity index (χ0n) is 28.2. The Morgan fingerprint density at radius 1 is 1.15 bits per heavy atom. The maximum atomic E-state index is 14.5. The van der Waals surface area contributed by atoms with Crippen molar-refractivity contribution in [3.05, 3.63) is 47.0 Å². The van der Waals surface area contributed by atoms with Gasteiger partial charge in [0.2, 0.25) is 0 Å². The number of fused-ring (bicyclic) bond motifs is 5. The fourth-order valence-corrected chi connectivity index (χ4v) is 10.0. The van der Waals surface area contributed by atoms with Gasteiger partial charge in [-0.2, -0.15) is 0 Å². The van der Waals surface area contributed by atoms with Crippen LogP contribution in [0.3, 0.4) is 0 Å². The Morgan fingerprint density at radius 3 is 2.38 bits per heavy atom. The standard InChI is InChI=1S/C35H49BN2O9/c1-18-22(46-31(43)28(47-24(40)16-37)26(38-17-36-45)20-10-8-7-9-11-20)15-35(44)19(2)29-33(5)13-12-21(33)14-23(39)34(29,6)30(42)27(41)25(18)32(35,3)4/h7-11,19,21-23,26-29,38-39,41,44H,12-17,37H2,1-6H3/t19-,21+,22-,23-,26-,27+,28+,29?,33+,34+,35+/m0/s1. The molecule has 1 unspecified atom stereocenters. The van der Waals surface area contributed by atoms with Crippen LogP contribution in [0.5, 0.6) is 0 Å². The average Bonchev–Trinajstić information content (AvgIpc) is 3.03. The van der Waals surface area contributed by atoms with Crippen LogP contribution >= 0.6 is 0 Å². The molecule has 6 N–H and O–H groups in total. The Labute approximate surface area is 276 Å². The van der Waals surface area contributed by atoms with Gasteiger partial charge in [0.15, 0.2) is 0 Å². The Hall–Kier alpha value is -2.77. The summed E-state index contributed by atoms with van der Waals surface area (Å²) in [6.07, 6.45) is -3.30. The third kappa shape index (κ3) is 5.35. The summed E-state index contributed by atoms with van der Waals surface area (Å²) in [6.45, 7) is 10.5. The summed E-state index contributed by atoms with van der Waals surface area (Å²) >= 11 is 0. The van der Waals surface area contributed by atoms with E-state index in [0.717, 1.165) is 12.8 Å². The van der Waals surface area contributed by atoms with Crippen molar-refractivity contribution in [2.45, 2.75) is 103 Å². The molecule has 11 atom stereocenters. The number of aliphatic hydroxyl groups is 3. The molecule has 4 aliphatic rings. The number of rotatable bonds is 9. The number of hydrogen-bond donors (Lipinski definition) is 5. The van der Waals surface area contributed by atoms with E-state index >= 15 is 0 Å². The van der Waals surface area contributed by atoms with Gasteiger partial charge < -0.3 is 5.11 Å². The SMILES string of the molecule is CC1=C2[C@@H](O)C(=O)[C@@]3(C)C([C@H](C)[C@](O)(C[C@@H]1OC(=O)[C@H](OC(=O)CN)[C@@H](NCB=O)c1ccccc1)C2(C)C)[C@]1(C)CC[C@@H]1C[C@@H]3O. The van der Waals surface area contributed by atoms with Crippen molar-refractivity contribution in [1.29, 1.82) is 0 Å². The first-order valence-electron chi connectivity index (χ1n) is 16.7. The molecule has 3 saturated carbocycles. The molecule has 47 heavy (non-hydrogen) atoms. The molecule has 1 aromatic carbocycles. The number of benzene rings is 1.